The lowest BCUT2D eigenvalue weighted by Crippen LogP contribution is -2.40. The van der Waals surface area contributed by atoms with Gasteiger partial charge in [0.1, 0.15) is 10.7 Å². The first-order valence-corrected chi connectivity index (χ1v) is 12.3. The van der Waals surface area contributed by atoms with Crippen LogP contribution in [0.2, 0.25) is 0 Å². The summed E-state index contributed by atoms with van der Waals surface area (Å²) in [4.78, 5) is 20.9. The van der Waals surface area contributed by atoms with Crippen LogP contribution in [0.25, 0.3) is 22.0 Å². The van der Waals surface area contributed by atoms with E-state index in [9.17, 15) is 4.79 Å². The van der Waals surface area contributed by atoms with Crippen molar-refractivity contribution in [2.75, 3.05) is 18.0 Å². The molecule has 34 heavy (non-hydrogen) atoms. The van der Waals surface area contributed by atoms with E-state index in [1.165, 1.54) is 5.56 Å². The Hall–Kier alpha value is -3.52. The molecule has 0 atom stereocenters. The van der Waals surface area contributed by atoms with Crippen molar-refractivity contribution >= 4 is 23.1 Å². The summed E-state index contributed by atoms with van der Waals surface area (Å²) < 4.78 is 5.37. The highest BCUT2D eigenvalue weighted by molar-refractivity contribution is 7.15. The van der Waals surface area contributed by atoms with Crippen LogP contribution in [0.3, 0.4) is 0 Å². The molecule has 1 aliphatic rings. The minimum atomic E-state index is 0.00988. The van der Waals surface area contributed by atoms with E-state index in [4.69, 9.17) is 9.40 Å². The molecule has 8 heteroatoms. The summed E-state index contributed by atoms with van der Waals surface area (Å²) in [5, 5.41) is 12.8. The summed E-state index contributed by atoms with van der Waals surface area (Å²) in [7, 11) is 0. The normalized spacial score (nSPS) is 14.4. The van der Waals surface area contributed by atoms with E-state index < -0.39 is 0 Å². The predicted octanol–water partition coefficient (Wildman–Crippen LogP) is 5.01. The molecule has 1 fully saturated rings. The molecule has 1 N–H and O–H groups in total. The molecule has 0 radical (unpaired) electrons. The number of hydrogen-bond donors (Lipinski definition) is 1. The predicted molar refractivity (Wildman–Crippen MR) is 134 cm³/mol. The SMILES string of the molecule is Cc1ccccc1-c1nc(C)c(CNC(=O)C2CCN(c3ccc(-c4ccco4)nn3)CC2)s1. The number of piperidine rings is 1. The summed E-state index contributed by atoms with van der Waals surface area (Å²) in [5.41, 5.74) is 4.06. The summed E-state index contributed by atoms with van der Waals surface area (Å²) in [6.45, 7) is 6.19. The molecule has 5 rings (SSSR count). The largest absolute Gasteiger partial charge is 0.463 e. The highest BCUT2D eigenvalue weighted by atomic mass is 32.1. The molecule has 1 saturated heterocycles. The molecule has 4 aromatic rings. The molecule has 174 valence electrons. The second-order valence-electron chi connectivity index (χ2n) is 8.58. The lowest BCUT2D eigenvalue weighted by atomic mass is 9.96. The summed E-state index contributed by atoms with van der Waals surface area (Å²) in [5.74, 6) is 1.66. The van der Waals surface area contributed by atoms with Crippen LogP contribution in [0.5, 0.6) is 0 Å². The number of aryl methyl sites for hydroxylation is 2. The van der Waals surface area contributed by atoms with Gasteiger partial charge in [-0.1, -0.05) is 24.3 Å². The Morgan fingerprint density at radius 3 is 2.62 bits per heavy atom. The van der Waals surface area contributed by atoms with Crippen molar-refractivity contribution in [2.45, 2.75) is 33.2 Å². The monoisotopic (exact) mass is 473 g/mol. The average Bonchev–Trinajstić information content (AvgIpc) is 3.53. The maximum atomic E-state index is 12.8. The second-order valence-corrected chi connectivity index (χ2v) is 9.66. The molecule has 1 aromatic carbocycles. The summed E-state index contributed by atoms with van der Waals surface area (Å²) >= 11 is 1.66. The fraction of sp³-hybridized carbons (Fsp3) is 0.308. The van der Waals surface area contributed by atoms with Crippen molar-refractivity contribution in [2.24, 2.45) is 5.92 Å². The molecule has 0 unspecified atom stereocenters. The first kappa shape index (κ1) is 22.3. The third-order valence-corrected chi connectivity index (χ3v) is 7.50. The first-order valence-electron chi connectivity index (χ1n) is 11.5. The molecule has 7 nitrogen and oxygen atoms in total. The molecular weight excluding hydrogens is 446 g/mol. The maximum absolute atomic E-state index is 12.8. The lowest BCUT2D eigenvalue weighted by molar-refractivity contribution is -0.125. The standard InChI is InChI=1S/C26H27N5O2S/c1-17-6-3-4-7-20(17)26-28-18(2)23(34-26)16-27-25(32)19-11-13-31(14-12-19)24-10-9-21(29-30-24)22-8-5-15-33-22/h3-10,15,19H,11-14,16H2,1-2H3,(H,27,32). The van der Waals surface area contributed by atoms with Crippen LogP contribution in [0.4, 0.5) is 5.82 Å². The molecule has 3 aromatic heterocycles. The van der Waals surface area contributed by atoms with Crippen LogP contribution in [0, 0.1) is 19.8 Å². The van der Waals surface area contributed by atoms with Crippen LogP contribution in [-0.4, -0.2) is 34.2 Å². The van der Waals surface area contributed by atoms with E-state index in [0.29, 0.717) is 18.0 Å². The van der Waals surface area contributed by atoms with E-state index in [-0.39, 0.29) is 11.8 Å². The second kappa shape index (κ2) is 9.77. The Bertz CT molecular complexity index is 1260. The number of thiazole rings is 1. The minimum Gasteiger partial charge on any atom is -0.463 e. The average molecular weight is 474 g/mol. The number of furan rings is 1. The van der Waals surface area contributed by atoms with Gasteiger partial charge in [-0.3, -0.25) is 4.79 Å². The van der Waals surface area contributed by atoms with E-state index >= 15 is 0 Å². The zero-order valence-electron chi connectivity index (χ0n) is 19.3. The molecule has 1 aliphatic heterocycles. The Balaban J connectivity index is 1.14. The number of nitrogens with zero attached hydrogens (tertiary/aromatic N) is 4. The molecule has 0 bridgehead atoms. The van der Waals surface area contributed by atoms with E-state index in [1.54, 1.807) is 17.6 Å². The van der Waals surface area contributed by atoms with Crippen LogP contribution in [0.15, 0.2) is 59.2 Å². The van der Waals surface area contributed by atoms with Gasteiger partial charge in [-0.05, 0) is 56.5 Å². The van der Waals surface area contributed by atoms with Gasteiger partial charge in [0, 0.05) is 29.4 Å². The highest BCUT2D eigenvalue weighted by Crippen LogP contribution is 2.30. The fourth-order valence-electron chi connectivity index (χ4n) is 4.25. The number of carbonyl (C=O) groups is 1. The van der Waals surface area contributed by atoms with Gasteiger partial charge < -0.3 is 14.6 Å². The Kier molecular flexibility index (Phi) is 6.40. The van der Waals surface area contributed by atoms with Crippen molar-refractivity contribution in [3.63, 3.8) is 0 Å². The van der Waals surface area contributed by atoms with Crippen molar-refractivity contribution in [1.29, 1.82) is 0 Å². The molecule has 0 spiro atoms. The number of anilines is 1. The van der Waals surface area contributed by atoms with Gasteiger partial charge in [-0.2, -0.15) is 0 Å². The molecule has 4 heterocycles. The molecular formula is C26H27N5O2S. The number of rotatable bonds is 6. The van der Waals surface area contributed by atoms with Crippen LogP contribution in [-0.2, 0) is 11.3 Å². The fourth-order valence-corrected chi connectivity index (χ4v) is 5.34. The number of aromatic nitrogens is 3. The van der Waals surface area contributed by atoms with Gasteiger partial charge in [0.15, 0.2) is 11.6 Å². The Morgan fingerprint density at radius 1 is 1.09 bits per heavy atom. The number of amides is 1. The quantitative estimate of drug-likeness (QED) is 0.424. The Morgan fingerprint density at radius 2 is 1.91 bits per heavy atom. The number of hydrogen-bond acceptors (Lipinski definition) is 7. The van der Waals surface area contributed by atoms with Gasteiger partial charge in [0.25, 0.3) is 0 Å². The maximum Gasteiger partial charge on any atom is 0.223 e. The summed E-state index contributed by atoms with van der Waals surface area (Å²) in [6.07, 6.45) is 3.22. The van der Waals surface area contributed by atoms with Gasteiger partial charge in [-0.15, -0.1) is 21.5 Å². The van der Waals surface area contributed by atoms with Gasteiger partial charge in [0.2, 0.25) is 5.91 Å². The van der Waals surface area contributed by atoms with Crippen LogP contribution >= 0.6 is 11.3 Å². The third-order valence-electron chi connectivity index (χ3n) is 6.31. The molecule has 0 aliphatic carbocycles. The van der Waals surface area contributed by atoms with Crippen molar-refractivity contribution in [3.05, 3.63) is 70.9 Å². The minimum absolute atomic E-state index is 0.00988. The Labute approximate surface area is 202 Å². The number of carbonyl (C=O) groups excluding carboxylic acids is 1. The van der Waals surface area contributed by atoms with Gasteiger partial charge >= 0.3 is 0 Å². The smallest absolute Gasteiger partial charge is 0.223 e. The van der Waals surface area contributed by atoms with Crippen LogP contribution in [0.1, 0.15) is 29.0 Å². The number of nitrogens with one attached hydrogen (secondary N) is 1. The van der Waals surface area contributed by atoms with Crippen molar-refractivity contribution in [3.8, 4) is 22.0 Å². The van der Waals surface area contributed by atoms with Crippen molar-refractivity contribution < 1.29 is 9.21 Å². The van der Waals surface area contributed by atoms with Gasteiger partial charge in [0.05, 0.1) is 18.5 Å². The van der Waals surface area contributed by atoms with E-state index in [0.717, 1.165) is 52.9 Å². The van der Waals surface area contributed by atoms with Crippen molar-refractivity contribution in [1.82, 2.24) is 20.5 Å². The topological polar surface area (TPSA) is 84.2 Å². The number of benzene rings is 1. The van der Waals surface area contributed by atoms with E-state index in [2.05, 4.69) is 39.5 Å². The molecule has 1 amide bonds. The van der Waals surface area contributed by atoms with Crippen LogP contribution < -0.4 is 10.2 Å². The highest BCUT2D eigenvalue weighted by Gasteiger charge is 2.26. The summed E-state index contributed by atoms with van der Waals surface area (Å²) in [6, 6.07) is 15.8. The zero-order chi connectivity index (χ0) is 23.5. The van der Waals surface area contributed by atoms with E-state index in [1.807, 2.05) is 43.3 Å². The zero-order valence-corrected chi connectivity index (χ0v) is 20.1. The lowest BCUT2D eigenvalue weighted by Gasteiger charge is -2.31. The van der Waals surface area contributed by atoms with Gasteiger partial charge in [-0.25, -0.2) is 4.98 Å². The molecule has 0 saturated carbocycles. The third kappa shape index (κ3) is 4.72. The first-order chi connectivity index (χ1) is 16.6.